The quantitative estimate of drug-likeness (QED) is 0.423. The second-order valence-corrected chi connectivity index (χ2v) is 2.28. The third-order valence-electron chi connectivity index (χ3n) is 1.10. The highest BCUT2D eigenvalue weighted by molar-refractivity contribution is 5.09. The number of azo groups is 1. The molecular formula is C8H14N2. The van der Waals surface area contributed by atoms with Crippen molar-refractivity contribution in [3.05, 3.63) is 24.4 Å². The van der Waals surface area contributed by atoms with Crippen molar-refractivity contribution in [3.8, 4) is 0 Å². The van der Waals surface area contributed by atoms with Crippen molar-refractivity contribution >= 4 is 0 Å². The molecule has 0 saturated heterocycles. The molecule has 0 atom stereocenters. The third-order valence-corrected chi connectivity index (χ3v) is 1.10. The molecule has 10 heavy (non-hydrogen) atoms. The Bertz CT molecular complexity index is 155. The summed E-state index contributed by atoms with van der Waals surface area (Å²) in [6, 6.07) is 0. The van der Waals surface area contributed by atoms with Crippen LogP contribution < -0.4 is 0 Å². The molecule has 0 saturated carbocycles. The molecule has 0 spiro atoms. The van der Waals surface area contributed by atoms with Crippen LogP contribution in [-0.4, -0.2) is 7.05 Å². The van der Waals surface area contributed by atoms with Crippen molar-refractivity contribution in [3.63, 3.8) is 0 Å². The lowest BCUT2D eigenvalue weighted by atomic mass is 10.1. The second kappa shape index (κ2) is 4.91. The van der Waals surface area contributed by atoms with Crippen molar-refractivity contribution in [2.75, 3.05) is 7.05 Å². The van der Waals surface area contributed by atoms with E-state index in [1.807, 2.05) is 6.08 Å². The van der Waals surface area contributed by atoms with E-state index in [9.17, 15) is 0 Å². The first-order valence-corrected chi connectivity index (χ1v) is 3.34. The van der Waals surface area contributed by atoms with Gasteiger partial charge in [0.2, 0.25) is 0 Å². The monoisotopic (exact) mass is 138 g/mol. The number of allylic oxidation sites excluding steroid dienone is 3. The van der Waals surface area contributed by atoms with Crippen LogP contribution in [0.2, 0.25) is 0 Å². The molecule has 56 valence electrons. The summed E-state index contributed by atoms with van der Waals surface area (Å²) in [5.41, 5.74) is 0.970. The number of rotatable bonds is 3. The number of hydrogen-bond acceptors (Lipinski definition) is 2. The maximum absolute atomic E-state index is 3.93. The highest BCUT2D eigenvalue weighted by Crippen LogP contribution is 2.10. The van der Waals surface area contributed by atoms with E-state index in [1.54, 1.807) is 13.1 Å². The molecule has 0 N–H and O–H groups in total. The number of hydrogen-bond donors (Lipinski definition) is 0. The van der Waals surface area contributed by atoms with Gasteiger partial charge < -0.3 is 0 Å². The molecule has 0 bridgehead atoms. The molecule has 0 heterocycles. The summed E-state index contributed by atoms with van der Waals surface area (Å²) in [6.45, 7) is 7.73. The van der Waals surface area contributed by atoms with Gasteiger partial charge in [0, 0.05) is 7.05 Å². The normalized spacial score (nSPS) is 13.0. The van der Waals surface area contributed by atoms with E-state index in [1.165, 1.54) is 0 Å². The minimum atomic E-state index is 0.418. The Balaban J connectivity index is 4.25. The summed E-state index contributed by atoms with van der Waals surface area (Å²) in [5.74, 6) is 0.418. The fourth-order valence-electron chi connectivity index (χ4n) is 0.577. The molecule has 0 aliphatic carbocycles. The Morgan fingerprint density at radius 1 is 1.50 bits per heavy atom. The molecule has 0 fully saturated rings. The standard InChI is InChI=1S/C8H14N2/c1-5-6-8(7(2)3)10-9-4/h5-7H,1H2,2-4H3/b8-6-,10-9?. The predicted octanol–water partition coefficient (Wildman–Crippen LogP) is 2.79. The van der Waals surface area contributed by atoms with E-state index in [2.05, 4.69) is 30.7 Å². The first-order chi connectivity index (χ1) is 4.72. The van der Waals surface area contributed by atoms with Crippen LogP contribution in [0.5, 0.6) is 0 Å². The molecule has 0 aliphatic heterocycles. The van der Waals surface area contributed by atoms with Crippen molar-refractivity contribution < 1.29 is 0 Å². The van der Waals surface area contributed by atoms with Crippen LogP contribution in [0.15, 0.2) is 34.7 Å². The molecule has 0 radical (unpaired) electrons. The summed E-state index contributed by atoms with van der Waals surface area (Å²) in [4.78, 5) is 0. The Hall–Kier alpha value is -0.920. The Kier molecular flexibility index (Phi) is 4.46. The van der Waals surface area contributed by atoms with E-state index >= 15 is 0 Å². The average molecular weight is 138 g/mol. The van der Waals surface area contributed by atoms with Crippen molar-refractivity contribution in [2.24, 2.45) is 16.1 Å². The molecule has 0 rings (SSSR count). The van der Waals surface area contributed by atoms with E-state index in [4.69, 9.17) is 0 Å². The zero-order valence-electron chi connectivity index (χ0n) is 6.83. The topological polar surface area (TPSA) is 24.7 Å². The molecule has 0 aromatic rings. The molecule has 0 aromatic carbocycles. The minimum absolute atomic E-state index is 0.418. The lowest BCUT2D eigenvalue weighted by Crippen LogP contribution is -1.88. The molecule has 0 aliphatic rings. The molecular weight excluding hydrogens is 124 g/mol. The summed E-state index contributed by atoms with van der Waals surface area (Å²) in [5, 5.41) is 7.61. The van der Waals surface area contributed by atoms with Crippen LogP contribution in [-0.2, 0) is 0 Å². The Labute approximate surface area is 62.4 Å². The van der Waals surface area contributed by atoms with Gasteiger partial charge in [-0.05, 0) is 12.0 Å². The second-order valence-electron chi connectivity index (χ2n) is 2.28. The maximum atomic E-state index is 3.93. The average Bonchev–Trinajstić information content (AvgIpc) is 1.87. The smallest absolute Gasteiger partial charge is 0.0651 e. The van der Waals surface area contributed by atoms with Crippen LogP contribution in [0.1, 0.15) is 13.8 Å². The van der Waals surface area contributed by atoms with Gasteiger partial charge in [0.1, 0.15) is 0 Å². The van der Waals surface area contributed by atoms with Crippen LogP contribution >= 0.6 is 0 Å². The number of nitrogens with zero attached hydrogens (tertiary/aromatic N) is 2. The lowest BCUT2D eigenvalue weighted by molar-refractivity contribution is 0.739. The minimum Gasteiger partial charge on any atom is -0.192 e. The van der Waals surface area contributed by atoms with Crippen LogP contribution in [0.3, 0.4) is 0 Å². The SMILES string of the molecule is C=C/C=C(\N=NC)C(C)C. The highest BCUT2D eigenvalue weighted by atomic mass is 15.1. The summed E-state index contributed by atoms with van der Waals surface area (Å²) in [6.07, 6.45) is 3.60. The lowest BCUT2D eigenvalue weighted by Gasteiger charge is -2.00. The van der Waals surface area contributed by atoms with Gasteiger partial charge in [-0.3, -0.25) is 0 Å². The predicted molar refractivity (Wildman–Crippen MR) is 43.9 cm³/mol. The fourth-order valence-corrected chi connectivity index (χ4v) is 0.577. The first kappa shape index (κ1) is 9.08. The molecule has 2 nitrogen and oxygen atoms in total. The largest absolute Gasteiger partial charge is 0.192 e. The van der Waals surface area contributed by atoms with Gasteiger partial charge in [0.05, 0.1) is 5.70 Å². The third kappa shape index (κ3) is 3.17. The van der Waals surface area contributed by atoms with E-state index in [0.29, 0.717) is 5.92 Å². The molecule has 0 aromatic heterocycles. The van der Waals surface area contributed by atoms with Crippen molar-refractivity contribution in [1.82, 2.24) is 0 Å². The summed E-state index contributed by atoms with van der Waals surface area (Å²) < 4.78 is 0. The maximum Gasteiger partial charge on any atom is 0.0651 e. The van der Waals surface area contributed by atoms with Gasteiger partial charge in [0.15, 0.2) is 0 Å². The van der Waals surface area contributed by atoms with Crippen LogP contribution in [0.25, 0.3) is 0 Å². The van der Waals surface area contributed by atoms with Crippen molar-refractivity contribution in [1.29, 1.82) is 0 Å². The van der Waals surface area contributed by atoms with E-state index in [-0.39, 0.29) is 0 Å². The van der Waals surface area contributed by atoms with Gasteiger partial charge >= 0.3 is 0 Å². The van der Waals surface area contributed by atoms with Gasteiger partial charge in [-0.25, -0.2) is 0 Å². The van der Waals surface area contributed by atoms with Gasteiger partial charge in [-0.2, -0.15) is 10.2 Å². The van der Waals surface area contributed by atoms with Gasteiger partial charge in [0.25, 0.3) is 0 Å². The van der Waals surface area contributed by atoms with Gasteiger partial charge in [-0.1, -0.05) is 26.5 Å². The van der Waals surface area contributed by atoms with Crippen molar-refractivity contribution in [2.45, 2.75) is 13.8 Å². The van der Waals surface area contributed by atoms with E-state index in [0.717, 1.165) is 5.70 Å². The molecule has 2 heteroatoms. The summed E-state index contributed by atoms with van der Waals surface area (Å²) in [7, 11) is 1.67. The van der Waals surface area contributed by atoms with Crippen LogP contribution in [0.4, 0.5) is 0 Å². The first-order valence-electron chi connectivity index (χ1n) is 3.34. The molecule has 0 amide bonds. The van der Waals surface area contributed by atoms with Crippen LogP contribution in [0, 0.1) is 5.92 Å². The van der Waals surface area contributed by atoms with Gasteiger partial charge in [-0.15, -0.1) is 0 Å². The Morgan fingerprint density at radius 3 is 2.40 bits per heavy atom. The zero-order valence-corrected chi connectivity index (χ0v) is 6.83. The zero-order chi connectivity index (χ0) is 7.98. The fraction of sp³-hybridized carbons (Fsp3) is 0.500. The summed E-state index contributed by atoms with van der Waals surface area (Å²) >= 11 is 0. The highest BCUT2D eigenvalue weighted by Gasteiger charge is 1.97. The van der Waals surface area contributed by atoms with E-state index < -0.39 is 0 Å². The Morgan fingerprint density at radius 2 is 2.10 bits per heavy atom. The molecule has 0 unspecified atom stereocenters.